The lowest BCUT2D eigenvalue weighted by Gasteiger charge is -2.22. The van der Waals surface area contributed by atoms with Crippen molar-refractivity contribution < 1.29 is 13.0 Å². The molecule has 1 N–H and O–H groups in total. The van der Waals surface area contributed by atoms with Crippen LogP contribution in [0.2, 0.25) is 0 Å². The van der Waals surface area contributed by atoms with E-state index in [1.54, 1.807) is 12.1 Å². The van der Waals surface area contributed by atoms with Gasteiger partial charge in [0, 0.05) is 33.9 Å². The fourth-order valence-electron chi connectivity index (χ4n) is 2.49. The molecule has 0 atom stereocenters. The topological polar surface area (TPSA) is 42.2 Å². The van der Waals surface area contributed by atoms with E-state index in [2.05, 4.69) is 5.32 Å². The van der Waals surface area contributed by atoms with Crippen LogP contribution >= 0.6 is 0 Å². The van der Waals surface area contributed by atoms with Crippen LogP contribution < -0.4 is 5.32 Å². The SMILES string of the molecule is O=S1CCC(NCc2ccc(-c3ccc(F)cc3)o2)CC1. The van der Waals surface area contributed by atoms with Crippen molar-refractivity contribution in [1.29, 1.82) is 0 Å². The zero-order valence-electron chi connectivity index (χ0n) is 11.7. The highest BCUT2D eigenvalue weighted by atomic mass is 32.2. The molecule has 0 radical (unpaired) electrons. The standard InChI is InChI=1S/C16H18FNO2S/c17-13-3-1-12(2-4-13)16-6-5-15(20-16)11-18-14-7-9-21(19)10-8-14/h1-6,14,18H,7-11H2. The molecule has 1 saturated heterocycles. The van der Waals surface area contributed by atoms with Crippen LogP contribution in [-0.2, 0) is 17.3 Å². The van der Waals surface area contributed by atoms with Gasteiger partial charge in [-0.25, -0.2) is 4.39 Å². The highest BCUT2D eigenvalue weighted by molar-refractivity contribution is 7.85. The summed E-state index contributed by atoms with van der Waals surface area (Å²) in [5.41, 5.74) is 0.871. The van der Waals surface area contributed by atoms with Crippen molar-refractivity contribution in [3.63, 3.8) is 0 Å². The summed E-state index contributed by atoms with van der Waals surface area (Å²) in [7, 11) is -0.626. The van der Waals surface area contributed by atoms with E-state index in [0.717, 1.165) is 41.4 Å². The summed E-state index contributed by atoms with van der Waals surface area (Å²) in [6, 6.07) is 10.5. The van der Waals surface area contributed by atoms with E-state index in [9.17, 15) is 8.60 Å². The smallest absolute Gasteiger partial charge is 0.134 e. The number of hydrogen-bond donors (Lipinski definition) is 1. The Morgan fingerprint density at radius 2 is 1.86 bits per heavy atom. The van der Waals surface area contributed by atoms with Gasteiger partial charge in [0.15, 0.2) is 0 Å². The third kappa shape index (κ3) is 3.80. The molecular weight excluding hydrogens is 289 g/mol. The van der Waals surface area contributed by atoms with Crippen molar-refractivity contribution in [3.05, 3.63) is 48.0 Å². The minimum atomic E-state index is -0.626. The van der Waals surface area contributed by atoms with Crippen molar-refractivity contribution in [2.45, 2.75) is 25.4 Å². The van der Waals surface area contributed by atoms with Gasteiger partial charge in [-0.3, -0.25) is 4.21 Å². The Labute approximate surface area is 126 Å². The zero-order valence-corrected chi connectivity index (χ0v) is 12.5. The monoisotopic (exact) mass is 307 g/mol. The molecule has 1 aromatic carbocycles. The molecule has 1 fully saturated rings. The predicted molar refractivity (Wildman–Crippen MR) is 81.8 cm³/mol. The van der Waals surface area contributed by atoms with Crippen LogP contribution in [0.25, 0.3) is 11.3 Å². The molecule has 5 heteroatoms. The highest BCUT2D eigenvalue weighted by Gasteiger charge is 2.17. The summed E-state index contributed by atoms with van der Waals surface area (Å²) in [5.74, 6) is 2.94. The van der Waals surface area contributed by atoms with Crippen molar-refractivity contribution in [2.75, 3.05) is 11.5 Å². The largest absolute Gasteiger partial charge is 0.460 e. The highest BCUT2D eigenvalue weighted by Crippen LogP contribution is 2.22. The van der Waals surface area contributed by atoms with Gasteiger partial charge in [0.1, 0.15) is 17.3 Å². The molecule has 0 bridgehead atoms. The first kappa shape index (κ1) is 14.5. The van der Waals surface area contributed by atoms with Gasteiger partial charge in [-0.2, -0.15) is 0 Å². The summed E-state index contributed by atoms with van der Waals surface area (Å²) in [5, 5.41) is 3.44. The molecule has 1 aromatic heterocycles. The van der Waals surface area contributed by atoms with Gasteiger partial charge in [0.05, 0.1) is 6.54 Å². The Kier molecular flexibility index (Phi) is 4.51. The van der Waals surface area contributed by atoms with Crippen LogP contribution in [0.15, 0.2) is 40.8 Å². The molecule has 2 aromatic rings. The first-order valence-corrected chi connectivity index (χ1v) is 8.62. The maximum atomic E-state index is 12.9. The molecule has 2 heterocycles. The zero-order chi connectivity index (χ0) is 14.7. The van der Waals surface area contributed by atoms with Gasteiger partial charge < -0.3 is 9.73 Å². The number of nitrogens with one attached hydrogen (secondary N) is 1. The minimum absolute atomic E-state index is 0.248. The van der Waals surface area contributed by atoms with E-state index in [0.29, 0.717) is 12.6 Å². The molecule has 0 spiro atoms. The lowest BCUT2D eigenvalue weighted by Crippen LogP contribution is -2.35. The average Bonchev–Trinajstić information content (AvgIpc) is 2.96. The normalized spacial score (nSPS) is 22.3. The molecule has 112 valence electrons. The van der Waals surface area contributed by atoms with E-state index in [-0.39, 0.29) is 5.82 Å². The van der Waals surface area contributed by atoms with E-state index in [4.69, 9.17) is 4.42 Å². The number of hydrogen-bond acceptors (Lipinski definition) is 3. The number of furan rings is 1. The number of benzene rings is 1. The van der Waals surface area contributed by atoms with Gasteiger partial charge >= 0.3 is 0 Å². The van der Waals surface area contributed by atoms with Gasteiger partial charge in [0.25, 0.3) is 0 Å². The van der Waals surface area contributed by atoms with E-state index < -0.39 is 10.8 Å². The molecule has 1 aliphatic heterocycles. The summed E-state index contributed by atoms with van der Waals surface area (Å²) in [4.78, 5) is 0. The molecule has 0 saturated carbocycles. The molecule has 1 aliphatic rings. The molecule has 21 heavy (non-hydrogen) atoms. The maximum Gasteiger partial charge on any atom is 0.134 e. The van der Waals surface area contributed by atoms with Crippen molar-refractivity contribution in [2.24, 2.45) is 0 Å². The molecule has 0 amide bonds. The number of halogens is 1. The third-order valence-electron chi connectivity index (χ3n) is 3.74. The molecular formula is C16H18FNO2S. The fraction of sp³-hybridized carbons (Fsp3) is 0.375. The van der Waals surface area contributed by atoms with Gasteiger partial charge in [-0.05, 0) is 49.2 Å². The minimum Gasteiger partial charge on any atom is -0.460 e. The molecule has 3 rings (SSSR count). The first-order chi connectivity index (χ1) is 10.2. The van der Waals surface area contributed by atoms with Crippen LogP contribution in [0, 0.1) is 5.82 Å². The van der Waals surface area contributed by atoms with Gasteiger partial charge in [-0.1, -0.05) is 0 Å². The average molecular weight is 307 g/mol. The Hall–Kier alpha value is -1.46. The first-order valence-electron chi connectivity index (χ1n) is 7.14. The molecule has 3 nitrogen and oxygen atoms in total. The maximum absolute atomic E-state index is 12.9. The van der Waals surface area contributed by atoms with Crippen LogP contribution in [0.4, 0.5) is 4.39 Å². The van der Waals surface area contributed by atoms with Crippen LogP contribution in [0.5, 0.6) is 0 Å². The number of rotatable bonds is 4. The fourth-order valence-corrected chi connectivity index (χ4v) is 3.78. The summed E-state index contributed by atoms with van der Waals surface area (Å²) in [6.07, 6.45) is 1.91. The summed E-state index contributed by atoms with van der Waals surface area (Å²) >= 11 is 0. The Morgan fingerprint density at radius 1 is 1.14 bits per heavy atom. The lowest BCUT2D eigenvalue weighted by atomic mass is 10.1. The molecule has 0 unspecified atom stereocenters. The van der Waals surface area contributed by atoms with Crippen LogP contribution in [0.3, 0.4) is 0 Å². The van der Waals surface area contributed by atoms with Gasteiger partial charge in [0.2, 0.25) is 0 Å². The van der Waals surface area contributed by atoms with E-state index in [1.165, 1.54) is 12.1 Å². The summed E-state index contributed by atoms with van der Waals surface area (Å²) in [6.45, 7) is 0.665. The second-order valence-electron chi connectivity index (χ2n) is 5.28. The lowest BCUT2D eigenvalue weighted by molar-refractivity contribution is 0.430. The van der Waals surface area contributed by atoms with E-state index in [1.807, 2.05) is 12.1 Å². The predicted octanol–water partition coefficient (Wildman–Crippen LogP) is 3.09. The van der Waals surface area contributed by atoms with Crippen molar-refractivity contribution in [1.82, 2.24) is 5.32 Å². The van der Waals surface area contributed by atoms with Gasteiger partial charge in [-0.15, -0.1) is 0 Å². The second-order valence-corrected chi connectivity index (χ2v) is 6.97. The Balaban J connectivity index is 1.58. The van der Waals surface area contributed by atoms with E-state index >= 15 is 0 Å². The Bertz CT molecular complexity index is 613. The van der Waals surface area contributed by atoms with Crippen LogP contribution in [0.1, 0.15) is 18.6 Å². The second kappa shape index (κ2) is 6.54. The quantitative estimate of drug-likeness (QED) is 0.944. The Morgan fingerprint density at radius 3 is 2.57 bits per heavy atom. The molecule has 0 aliphatic carbocycles. The van der Waals surface area contributed by atoms with Crippen LogP contribution in [-0.4, -0.2) is 21.8 Å². The summed E-state index contributed by atoms with van der Waals surface area (Å²) < 4.78 is 30.0. The van der Waals surface area contributed by atoms with Crippen molar-refractivity contribution >= 4 is 10.8 Å². The van der Waals surface area contributed by atoms with Crippen molar-refractivity contribution in [3.8, 4) is 11.3 Å². The third-order valence-corrected chi connectivity index (χ3v) is 5.13.